The molecule has 0 spiro atoms. The summed E-state index contributed by atoms with van der Waals surface area (Å²) in [5, 5.41) is 3.02. The van der Waals surface area contributed by atoms with Gasteiger partial charge in [0.05, 0.1) is 0 Å². The molecule has 1 fully saturated rings. The molecule has 1 aliphatic heterocycles. The van der Waals surface area contributed by atoms with Crippen LogP contribution < -0.4 is 5.32 Å². The lowest BCUT2D eigenvalue weighted by Crippen LogP contribution is -2.48. The number of benzene rings is 2. The molecule has 2 aromatic carbocycles. The van der Waals surface area contributed by atoms with Crippen LogP contribution in [0.15, 0.2) is 60.7 Å². The third-order valence-corrected chi connectivity index (χ3v) is 4.44. The van der Waals surface area contributed by atoms with Gasteiger partial charge in [-0.1, -0.05) is 60.7 Å². The highest BCUT2D eigenvalue weighted by atomic mass is 16.5. The second-order valence-corrected chi connectivity index (χ2v) is 6.47. The summed E-state index contributed by atoms with van der Waals surface area (Å²) in [6.45, 7) is 2.17. The summed E-state index contributed by atoms with van der Waals surface area (Å²) < 4.78 is 5.34. The van der Waals surface area contributed by atoms with Crippen molar-refractivity contribution in [2.75, 3.05) is 20.1 Å². The van der Waals surface area contributed by atoms with Gasteiger partial charge in [-0.15, -0.1) is 0 Å². The molecule has 4 heteroatoms. The maximum atomic E-state index is 12.1. The number of amides is 1. The van der Waals surface area contributed by atoms with Crippen molar-refractivity contribution in [2.45, 2.75) is 25.0 Å². The lowest BCUT2D eigenvalue weighted by molar-refractivity contribution is 0.125. The van der Waals surface area contributed by atoms with Gasteiger partial charge in [-0.05, 0) is 30.5 Å². The summed E-state index contributed by atoms with van der Waals surface area (Å²) in [5.41, 5.74) is 2.32. The van der Waals surface area contributed by atoms with Gasteiger partial charge in [-0.25, -0.2) is 4.79 Å². The summed E-state index contributed by atoms with van der Waals surface area (Å²) in [7, 11) is 2.10. The van der Waals surface area contributed by atoms with E-state index in [0.29, 0.717) is 12.5 Å². The number of nitrogens with zero attached hydrogens (tertiary/aromatic N) is 1. The molecule has 0 aromatic heterocycles. The fourth-order valence-electron chi connectivity index (χ4n) is 3.32. The maximum Gasteiger partial charge on any atom is 0.407 e. The summed E-state index contributed by atoms with van der Waals surface area (Å²) in [4.78, 5) is 14.3. The van der Waals surface area contributed by atoms with E-state index in [1.54, 1.807) is 0 Å². The van der Waals surface area contributed by atoms with E-state index in [2.05, 4.69) is 41.5 Å². The number of alkyl carbamates (subject to hydrolysis) is 1. The molecule has 24 heavy (non-hydrogen) atoms. The molecule has 2 aromatic rings. The fourth-order valence-corrected chi connectivity index (χ4v) is 3.32. The number of likely N-dealkylation sites (tertiary alicyclic amines) is 1. The van der Waals surface area contributed by atoms with Gasteiger partial charge in [-0.3, -0.25) is 0 Å². The van der Waals surface area contributed by atoms with Crippen LogP contribution in [-0.2, 0) is 11.3 Å². The van der Waals surface area contributed by atoms with E-state index < -0.39 is 0 Å². The Labute approximate surface area is 143 Å². The van der Waals surface area contributed by atoms with E-state index in [9.17, 15) is 4.79 Å². The fraction of sp³-hybridized carbons (Fsp3) is 0.350. The van der Waals surface area contributed by atoms with Crippen LogP contribution in [0.2, 0.25) is 0 Å². The van der Waals surface area contributed by atoms with E-state index in [1.807, 2.05) is 36.4 Å². The zero-order valence-corrected chi connectivity index (χ0v) is 14.0. The number of rotatable bonds is 4. The number of nitrogens with one attached hydrogen (secondary N) is 1. The zero-order chi connectivity index (χ0) is 16.8. The van der Waals surface area contributed by atoms with Gasteiger partial charge in [0.15, 0.2) is 0 Å². The number of carbonyl (C=O) groups is 1. The summed E-state index contributed by atoms with van der Waals surface area (Å²) in [6.07, 6.45) is 0.598. The van der Waals surface area contributed by atoms with Crippen LogP contribution in [0.25, 0.3) is 0 Å². The molecule has 1 N–H and O–H groups in total. The standard InChI is InChI=1S/C20H24N2O2/c1-22-13-18(17-10-6-3-7-11-17)12-19(14-22)21-20(23)24-15-16-8-4-2-5-9-16/h2-11,18-19H,12-15H2,1H3,(H,21,23). The highest BCUT2D eigenvalue weighted by Crippen LogP contribution is 2.26. The third kappa shape index (κ3) is 4.59. The first-order valence-electron chi connectivity index (χ1n) is 8.41. The average molecular weight is 324 g/mol. The van der Waals surface area contributed by atoms with Crippen LogP contribution in [0.1, 0.15) is 23.5 Å². The van der Waals surface area contributed by atoms with Gasteiger partial charge in [0, 0.05) is 19.1 Å². The Hall–Kier alpha value is -2.33. The molecule has 2 atom stereocenters. The topological polar surface area (TPSA) is 41.6 Å². The molecule has 0 radical (unpaired) electrons. The Balaban J connectivity index is 1.53. The Morgan fingerprint density at radius 1 is 1.08 bits per heavy atom. The van der Waals surface area contributed by atoms with E-state index in [4.69, 9.17) is 4.74 Å². The van der Waals surface area contributed by atoms with Crippen molar-refractivity contribution in [3.05, 3.63) is 71.8 Å². The molecule has 2 unspecified atom stereocenters. The Bertz CT molecular complexity index is 645. The van der Waals surface area contributed by atoms with Crippen molar-refractivity contribution in [1.82, 2.24) is 10.2 Å². The number of hydrogen-bond donors (Lipinski definition) is 1. The number of ether oxygens (including phenoxy) is 1. The molecule has 0 saturated carbocycles. The van der Waals surface area contributed by atoms with Crippen molar-refractivity contribution in [2.24, 2.45) is 0 Å². The molecule has 1 heterocycles. The van der Waals surface area contributed by atoms with E-state index in [-0.39, 0.29) is 12.1 Å². The van der Waals surface area contributed by atoms with Crippen molar-refractivity contribution < 1.29 is 9.53 Å². The van der Waals surface area contributed by atoms with Gasteiger partial charge in [-0.2, -0.15) is 0 Å². The molecule has 3 rings (SSSR count). The van der Waals surface area contributed by atoms with Crippen molar-refractivity contribution in [1.29, 1.82) is 0 Å². The normalized spacial score (nSPS) is 21.2. The lowest BCUT2D eigenvalue weighted by atomic mass is 9.88. The smallest absolute Gasteiger partial charge is 0.407 e. The van der Waals surface area contributed by atoms with Crippen molar-refractivity contribution in [3.63, 3.8) is 0 Å². The number of hydrogen-bond acceptors (Lipinski definition) is 3. The van der Waals surface area contributed by atoms with Gasteiger partial charge >= 0.3 is 6.09 Å². The van der Waals surface area contributed by atoms with E-state index in [1.165, 1.54) is 5.56 Å². The second kappa shape index (κ2) is 7.97. The molecule has 126 valence electrons. The first-order chi connectivity index (χ1) is 11.7. The number of piperidine rings is 1. The first kappa shape index (κ1) is 16.5. The average Bonchev–Trinajstić information content (AvgIpc) is 2.61. The molecule has 4 nitrogen and oxygen atoms in total. The molecule has 1 saturated heterocycles. The van der Waals surface area contributed by atoms with Gasteiger partial charge in [0.25, 0.3) is 0 Å². The van der Waals surface area contributed by atoms with Crippen LogP contribution >= 0.6 is 0 Å². The molecule has 0 bridgehead atoms. The Morgan fingerprint density at radius 2 is 1.75 bits per heavy atom. The predicted molar refractivity (Wildman–Crippen MR) is 94.8 cm³/mol. The van der Waals surface area contributed by atoms with Gasteiger partial charge < -0.3 is 15.0 Å². The summed E-state index contributed by atoms with van der Waals surface area (Å²) >= 11 is 0. The first-order valence-corrected chi connectivity index (χ1v) is 8.41. The van der Waals surface area contributed by atoms with Crippen LogP contribution in [0, 0.1) is 0 Å². The minimum absolute atomic E-state index is 0.109. The van der Waals surface area contributed by atoms with E-state index >= 15 is 0 Å². The molecule has 0 aliphatic carbocycles. The quantitative estimate of drug-likeness (QED) is 0.937. The monoisotopic (exact) mass is 324 g/mol. The van der Waals surface area contributed by atoms with Crippen LogP contribution in [0.3, 0.4) is 0 Å². The summed E-state index contributed by atoms with van der Waals surface area (Å²) in [5.74, 6) is 0.435. The van der Waals surface area contributed by atoms with Crippen LogP contribution in [0.5, 0.6) is 0 Å². The van der Waals surface area contributed by atoms with Crippen molar-refractivity contribution in [3.8, 4) is 0 Å². The minimum Gasteiger partial charge on any atom is -0.445 e. The minimum atomic E-state index is -0.342. The SMILES string of the molecule is CN1CC(NC(=O)OCc2ccccc2)CC(c2ccccc2)C1. The molecule has 1 aliphatic rings. The highest BCUT2D eigenvalue weighted by molar-refractivity contribution is 5.67. The van der Waals surface area contributed by atoms with E-state index in [0.717, 1.165) is 25.1 Å². The third-order valence-electron chi connectivity index (χ3n) is 4.44. The second-order valence-electron chi connectivity index (χ2n) is 6.47. The van der Waals surface area contributed by atoms with Gasteiger partial charge in [0.2, 0.25) is 0 Å². The predicted octanol–water partition coefficient (Wildman–Crippen LogP) is 3.40. The van der Waals surface area contributed by atoms with Crippen LogP contribution in [-0.4, -0.2) is 37.2 Å². The van der Waals surface area contributed by atoms with Crippen LogP contribution in [0.4, 0.5) is 4.79 Å². The largest absolute Gasteiger partial charge is 0.445 e. The van der Waals surface area contributed by atoms with Gasteiger partial charge in [0.1, 0.15) is 6.61 Å². The lowest BCUT2D eigenvalue weighted by Gasteiger charge is -2.36. The Morgan fingerprint density at radius 3 is 2.46 bits per heavy atom. The molecular weight excluding hydrogens is 300 g/mol. The maximum absolute atomic E-state index is 12.1. The number of carbonyl (C=O) groups excluding carboxylic acids is 1. The number of likely N-dealkylation sites (N-methyl/N-ethyl adjacent to an activating group) is 1. The molecule has 1 amide bonds. The van der Waals surface area contributed by atoms with Crippen molar-refractivity contribution >= 4 is 6.09 Å². The summed E-state index contributed by atoms with van der Waals surface area (Å²) in [6, 6.07) is 20.3. The highest BCUT2D eigenvalue weighted by Gasteiger charge is 2.27. The molecular formula is C20H24N2O2. The Kier molecular flexibility index (Phi) is 5.49. The zero-order valence-electron chi connectivity index (χ0n) is 14.0.